The summed E-state index contributed by atoms with van der Waals surface area (Å²) in [6.07, 6.45) is 9.44. The lowest BCUT2D eigenvalue weighted by Crippen LogP contribution is -2.53. The van der Waals surface area contributed by atoms with Crippen LogP contribution in [0.3, 0.4) is 0 Å². The van der Waals surface area contributed by atoms with Crippen molar-refractivity contribution < 1.29 is 5.11 Å². The molecule has 0 unspecified atom stereocenters. The number of aromatic nitrogens is 3. The van der Waals surface area contributed by atoms with E-state index in [4.69, 9.17) is 9.97 Å². The molecule has 8 nitrogen and oxygen atoms in total. The lowest BCUT2D eigenvalue weighted by Gasteiger charge is -2.37. The molecule has 0 amide bonds. The molecule has 1 aliphatic carbocycles. The van der Waals surface area contributed by atoms with Crippen LogP contribution in [0.5, 0.6) is 0 Å². The second kappa shape index (κ2) is 11.9. The molecule has 0 aromatic carbocycles. The van der Waals surface area contributed by atoms with Crippen molar-refractivity contribution in [3.63, 3.8) is 0 Å². The summed E-state index contributed by atoms with van der Waals surface area (Å²) in [6, 6.07) is 5.60. The normalized spacial score (nSPS) is 25.8. The number of aliphatic hydroxyl groups excluding tert-OH is 1. The van der Waals surface area contributed by atoms with Gasteiger partial charge in [0.1, 0.15) is 5.82 Å². The first-order valence-electron chi connectivity index (χ1n) is 13.0. The van der Waals surface area contributed by atoms with Crippen molar-refractivity contribution in [2.45, 2.75) is 90.1 Å². The van der Waals surface area contributed by atoms with E-state index in [1.807, 2.05) is 12.4 Å². The topological polar surface area (TPSA) is 98.2 Å². The Bertz CT molecular complexity index is 899. The molecule has 2 aliphatic rings. The lowest BCUT2D eigenvalue weighted by molar-refractivity contribution is 0.126. The smallest absolute Gasteiger partial charge is 0.224 e. The molecular formula is C26H41N7O. The number of hydrogen-bond donors (Lipinski definition) is 4. The first-order valence-corrected chi connectivity index (χ1v) is 13.0. The number of aliphatic hydroxyl groups is 1. The van der Waals surface area contributed by atoms with Crippen LogP contribution in [0.15, 0.2) is 24.5 Å². The Balaban J connectivity index is 1.50. The Hall–Kier alpha value is -2.29. The van der Waals surface area contributed by atoms with E-state index in [2.05, 4.69) is 58.7 Å². The molecule has 1 saturated carbocycles. The van der Waals surface area contributed by atoms with Crippen LogP contribution in [0.2, 0.25) is 0 Å². The fourth-order valence-electron chi connectivity index (χ4n) is 4.78. The number of rotatable bonds is 9. The first-order chi connectivity index (χ1) is 16.5. The number of hydrogen-bond acceptors (Lipinski definition) is 8. The third-order valence-electron chi connectivity index (χ3n) is 7.02. The Kier molecular flexibility index (Phi) is 8.69. The van der Waals surface area contributed by atoms with Crippen LogP contribution in [0.25, 0.3) is 11.3 Å². The highest BCUT2D eigenvalue weighted by molar-refractivity contribution is 5.73. The van der Waals surface area contributed by atoms with Crippen molar-refractivity contribution in [1.82, 2.24) is 25.2 Å². The fraction of sp³-hybridized carbons (Fsp3) is 0.654. The average molecular weight is 468 g/mol. The number of pyridine rings is 1. The molecule has 2 aromatic heterocycles. The highest BCUT2D eigenvalue weighted by Gasteiger charge is 2.23. The Morgan fingerprint density at radius 1 is 1.12 bits per heavy atom. The maximum Gasteiger partial charge on any atom is 0.224 e. The molecular weight excluding hydrogens is 426 g/mol. The van der Waals surface area contributed by atoms with E-state index in [9.17, 15) is 5.11 Å². The summed E-state index contributed by atoms with van der Waals surface area (Å²) in [6.45, 7) is 10.5. The van der Waals surface area contributed by atoms with Crippen LogP contribution in [0.4, 0.5) is 11.8 Å². The predicted octanol–water partition coefficient (Wildman–Crippen LogP) is 3.65. The van der Waals surface area contributed by atoms with Gasteiger partial charge in [0.15, 0.2) is 0 Å². The van der Waals surface area contributed by atoms with Crippen molar-refractivity contribution in [1.29, 1.82) is 0 Å². The molecule has 34 heavy (non-hydrogen) atoms. The zero-order valence-electron chi connectivity index (χ0n) is 20.9. The van der Waals surface area contributed by atoms with Gasteiger partial charge in [0.05, 0.1) is 17.4 Å². The zero-order valence-corrected chi connectivity index (χ0v) is 20.9. The number of nitrogens with one attached hydrogen (secondary N) is 3. The van der Waals surface area contributed by atoms with Gasteiger partial charge in [-0.1, -0.05) is 19.4 Å². The van der Waals surface area contributed by atoms with Crippen molar-refractivity contribution in [3.8, 4) is 11.3 Å². The molecule has 4 N–H and O–H groups in total. The maximum absolute atomic E-state index is 9.88. The summed E-state index contributed by atoms with van der Waals surface area (Å²) in [4.78, 5) is 16.7. The van der Waals surface area contributed by atoms with Crippen LogP contribution >= 0.6 is 0 Å². The molecule has 1 saturated heterocycles. The highest BCUT2D eigenvalue weighted by Crippen LogP contribution is 2.29. The van der Waals surface area contributed by atoms with Crippen molar-refractivity contribution in [2.75, 3.05) is 30.3 Å². The molecule has 1 aliphatic heterocycles. The van der Waals surface area contributed by atoms with Gasteiger partial charge in [0, 0.05) is 56.7 Å². The molecule has 186 valence electrons. The van der Waals surface area contributed by atoms with E-state index in [1.54, 1.807) is 0 Å². The van der Waals surface area contributed by atoms with E-state index >= 15 is 0 Å². The number of nitrogens with zero attached hydrogens (tertiary/aromatic N) is 4. The second-order valence-electron chi connectivity index (χ2n) is 10.0. The van der Waals surface area contributed by atoms with Crippen LogP contribution in [0.1, 0.15) is 64.9 Å². The molecule has 2 aromatic rings. The molecule has 3 heterocycles. The Morgan fingerprint density at radius 2 is 1.94 bits per heavy atom. The van der Waals surface area contributed by atoms with Gasteiger partial charge >= 0.3 is 0 Å². The summed E-state index contributed by atoms with van der Waals surface area (Å²) in [5.74, 6) is 1.47. The Morgan fingerprint density at radius 3 is 2.68 bits per heavy atom. The minimum atomic E-state index is -0.176. The average Bonchev–Trinajstić information content (AvgIpc) is 2.84. The summed E-state index contributed by atoms with van der Waals surface area (Å²) in [7, 11) is 0. The summed E-state index contributed by atoms with van der Waals surface area (Å²) in [5.41, 5.74) is 3.02. The molecule has 2 atom stereocenters. The minimum absolute atomic E-state index is 0.176. The highest BCUT2D eigenvalue weighted by atomic mass is 16.3. The molecule has 0 spiro atoms. The van der Waals surface area contributed by atoms with Crippen LogP contribution in [-0.2, 0) is 6.54 Å². The van der Waals surface area contributed by atoms with Gasteiger partial charge in [-0.05, 0) is 57.6 Å². The third-order valence-corrected chi connectivity index (χ3v) is 7.02. The van der Waals surface area contributed by atoms with Crippen molar-refractivity contribution in [2.24, 2.45) is 0 Å². The first kappa shape index (κ1) is 24.8. The zero-order chi connectivity index (χ0) is 23.9. The SMILES string of the molecule is CCCCNc1ncc(-c2ccc(CN3C[C@H](C)NC[C@@H]3C)cn2)c(NC2CCC(O)CC2)n1. The summed E-state index contributed by atoms with van der Waals surface area (Å²) < 4.78 is 0. The molecule has 8 heteroatoms. The fourth-order valence-corrected chi connectivity index (χ4v) is 4.78. The summed E-state index contributed by atoms with van der Waals surface area (Å²) >= 11 is 0. The van der Waals surface area contributed by atoms with Gasteiger partial charge in [0.2, 0.25) is 5.95 Å². The quantitative estimate of drug-likeness (QED) is 0.415. The maximum atomic E-state index is 9.88. The van der Waals surface area contributed by atoms with Crippen molar-refractivity contribution in [3.05, 3.63) is 30.1 Å². The van der Waals surface area contributed by atoms with Gasteiger partial charge in [-0.3, -0.25) is 9.88 Å². The van der Waals surface area contributed by atoms with Crippen LogP contribution in [-0.4, -0.2) is 68.8 Å². The standard InChI is InChI=1S/C26H41N7O/c1-4-5-12-27-26-30-15-23(25(32-26)31-21-7-9-22(34)10-8-21)24-11-6-20(14-29-24)17-33-16-18(2)28-13-19(33)3/h6,11,14-15,18-19,21-22,28,34H,4-5,7-10,12-13,16-17H2,1-3H3,(H2,27,30,31,32)/t18-,19-,21?,22?/m0/s1. The van der Waals surface area contributed by atoms with Gasteiger partial charge in [0.25, 0.3) is 0 Å². The largest absolute Gasteiger partial charge is 0.393 e. The van der Waals surface area contributed by atoms with E-state index in [0.29, 0.717) is 24.1 Å². The molecule has 0 radical (unpaired) electrons. The van der Waals surface area contributed by atoms with Gasteiger partial charge in [-0.15, -0.1) is 0 Å². The summed E-state index contributed by atoms with van der Waals surface area (Å²) in [5, 5.41) is 20.4. The number of piperazine rings is 1. The van der Waals surface area contributed by atoms with E-state index in [1.165, 1.54) is 5.56 Å². The molecule has 4 rings (SSSR count). The van der Waals surface area contributed by atoms with Gasteiger partial charge in [-0.2, -0.15) is 4.98 Å². The minimum Gasteiger partial charge on any atom is -0.393 e. The molecule has 2 fully saturated rings. The monoisotopic (exact) mass is 467 g/mol. The van der Waals surface area contributed by atoms with E-state index in [0.717, 1.165) is 81.8 Å². The second-order valence-corrected chi connectivity index (χ2v) is 10.0. The number of unbranched alkanes of at least 4 members (excludes halogenated alkanes) is 1. The van der Waals surface area contributed by atoms with Crippen LogP contribution < -0.4 is 16.0 Å². The molecule has 0 bridgehead atoms. The van der Waals surface area contributed by atoms with E-state index in [-0.39, 0.29) is 6.10 Å². The lowest BCUT2D eigenvalue weighted by atomic mass is 9.93. The van der Waals surface area contributed by atoms with Crippen LogP contribution in [0, 0.1) is 0 Å². The van der Waals surface area contributed by atoms with Gasteiger partial charge < -0.3 is 21.1 Å². The van der Waals surface area contributed by atoms with Crippen molar-refractivity contribution >= 4 is 11.8 Å². The predicted molar refractivity (Wildman–Crippen MR) is 138 cm³/mol. The number of anilines is 2. The van der Waals surface area contributed by atoms with E-state index < -0.39 is 0 Å². The van der Waals surface area contributed by atoms with Gasteiger partial charge in [-0.25, -0.2) is 4.98 Å². The third kappa shape index (κ3) is 6.64. The Labute approximate surface area is 204 Å².